The molecule has 138 valence electrons. The van der Waals surface area contributed by atoms with E-state index in [-0.39, 0.29) is 5.91 Å². The molecule has 2 amide bonds. The van der Waals surface area contributed by atoms with Crippen molar-refractivity contribution in [2.45, 2.75) is 38.8 Å². The topological polar surface area (TPSA) is 67.4 Å². The molecule has 0 heterocycles. The molecular weight excluding hydrogens is 352 g/mol. The van der Waals surface area contributed by atoms with Crippen LogP contribution in [0.2, 0.25) is 5.02 Å². The second kappa shape index (κ2) is 8.72. The summed E-state index contributed by atoms with van der Waals surface area (Å²) in [5.41, 5.74) is 0.886. The molecule has 6 heteroatoms. The van der Waals surface area contributed by atoms with Gasteiger partial charge in [0, 0.05) is 17.1 Å². The summed E-state index contributed by atoms with van der Waals surface area (Å²) in [6, 6.07) is 15.5. The first-order chi connectivity index (χ1) is 12.2. The van der Waals surface area contributed by atoms with Gasteiger partial charge >= 0.3 is 6.09 Å². The van der Waals surface area contributed by atoms with Gasteiger partial charge in [-0.05, 0) is 50.6 Å². The second-order valence-electron chi connectivity index (χ2n) is 6.88. The van der Waals surface area contributed by atoms with Gasteiger partial charge in [0.2, 0.25) is 5.91 Å². The minimum absolute atomic E-state index is 0.331. The number of halogens is 1. The van der Waals surface area contributed by atoms with Gasteiger partial charge in [-0.15, -0.1) is 0 Å². The molecule has 1 unspecified atom stereocenters. The van der Waals surface area contributed by atoms with Crippen LogP contribution in [0.15, 0.2) is 54.6 Å². The molecule has 1 atom stereocenters. The summed E-state index contributed by atoms with van der Waals surface area (Å²) in [7, 11) is 0. The first kappa shape index (κ1) is 19.8. The minimum Gasteiger partial charge on any atom is -0.444 e. The van der Waals surface area contributed by atoms with Crippen LogP contribution in [0.25, 0.3) is 0 Å². The number of carbonyl (C=O) groups is 2. The smallest absolute Gasteiger partial charge is 0.408 e. The van der Waals surface area contributed by atoms with Gasteiger partial charge in [-0.2, -0.15) is 0 Å². The molecule has 0 bridgehead atoms. The van der Waals surface area contributed by atoms with Crippen molar-refractivity contribution in [3.05, 3.63) is 65.2 Å². The molecule has 2 rings (SSSR count). The SMILES string of the molecule is CC(C)(C)OC(=O)NC(Cc1ccccc1)C(=O)Nc1ccc(Cl)cc1. The third-order valence-electron chi connectivity index (χ3n) is 3.40. The normalized spacial score (nSPS) is 12.2. The molecule has 2 aromatic rings. The largest absolute Gasteiger partial charge is 0.444 e. The fourth-order valence-corrected chi connectivity index (χ4v) is 2.40. The number of carbonyl (C=O) groups excluding carboxylic acids is 2. The molecule has 0 saturated heterocycles. The van der Waals surface area contributed by atoms with Crippen LogP contribution >= 0.6 is 11.6 Å². The van der Waals surface area contributed by atoms with Gasteiger partial charge in [0.05, 0.1) is 0 Å². The van der Waals surface area contributed by atoms with E-state index in [0.29, 0.717) is 17.1 Å². The van der Waals surface area contributed by atoms with Gasteiger partial charge in [0.25, 0.3) is 0 Å². The number of amides is 2. The first-order valence-electron chi connectivity index (χ1n) is 8.33. The van der Waals surface area contributed by atoms with Gasteiger partial charge in [0.1, 0.15) is 11.6 Å². The van der Waals surface area contributed by atoms with Gasteiger partial charge < -0.3 is 15.4 Å². The highest BCUT2D eigenvalue weighted by Gasteiger charge is 2.24. The van der Waals surface area contributed by atoms with Crippen LogP contribution in [-0.2, 0) is 16.0 Å². The van der Waals surface area contributed by atoms with Crippen LogP contribution in [0.4, 0.5) is 10.5 Å². The molecule has 0 radical (unpaired) electrons. The van der Waals surface area contributed by atoms with Gasteiger partial charge in [-0.25, -0.2) is 4.79 Å². The number of anilines is 1. The summed E-state index contributed by atoms with van der Waals surface area (Å²) in [5, 5.41) is 6.02. The van der Waals surface area contributed by atoms with Crippen molar-refractivity contribution in [2.75, 3.05) is 5.32 Å². The Balaban J connectivity index is 2.11. The number of rotatable bonds is 5. The Morgan fingerprint density at radius 2 is 1.65 bits per heavy atom. The highest BCUT2D eigenvalue weighted by molar-refractivity contribution is 6.30. The number of hydrogen-bond donors (Lipinski definition) is 2. The highest BCUT2D eigenvalue weighted by atomic mass is 35.5. The monoisotopic (exact) mass is 374 g/mol. The highest BCUT2D eigenvalue weighted by Crippen LogP contribution is 2.15. The summed E-state index contributed by atoms with van der Waals surface area (Å²) in [6.07, 6.45) is -0.288. The minimum atomic E-state index is -0.775. The van der Waals surface area contributed by atoms with Crippen molar-refractivity contribution in [1.29, 1.82) is 0 Å². The maximum Gasteiger partial charge on any atom is 0.408 e. The molecule has 2 N–H and O–H groups in total. The van der Waals surface area contributed by atoms with E-state index in [4.69, 9.17) is 16.3 Å². The predicted octanol–water partition coefficient (Wildman–Crippen LogP) is 4.41. The Morgan fingerprint density at radius 3 is 2.23 bits per heavy atom. The van der Waals surface area contributed by atoms with Crippen molar-refractivity contribution >= 4 is 29.3 Å². The molecule has 0 aliphatic heterocycles. The van der Waals surface area contributed by atoms with E-state index in [0.717, 1.165) is 5.56 Å². The standard InChI is InChI=1S/C20H23ClN2O3/c1-20(2,3)26-19(25)23-17(13-14-7-5-4-6-8-14)18(24)22-16-11-9-15(21)10-12-16/h4-12,17H,13H2,1-3H3,(H,22,24)(H,23,25). The molecule has 0 aliphatic carbocycles. The van der Waals surface area contributed by atoms with Crippen LogP contribution in [0, 0.1) is 0 Å². The zero-order valence-electron chi connectivity index (χ0n) is 15.1. The van der Waals surface area contributed by atoms with Crippen molar-refractivity contribution < 1.29 is 14.3 Å². The Labute approximate surface area is 158 Å². The number of ether oxygens (including phenoxy) is 1. The first-order valence-corrected chi connectivity index (χ1v) is 8.70. The Hall–Kier alpha value is -2.53. The maximum absolute atomic E-state index is 12.7. The van der Waals surface area contributed by atoms with Crippen molar-refractivity contribution in [3.8, 4) is 0 Å². The Morgan fingerprint density at radius 1 is 1.04 bits per heavy atom. The molecule has 0 aromatic heterocycles. The van der Waals surface area contributed by atoms with E-state index in [9.17, 15) is 9.59 Å². The molecule has 2 aromatic carbocycles. The van der Waals surface area contributed by atoms with E-state index in [1.165, 1.54) is 0 Å². The lowest BCUT2D eigenvalue weighted by molar-refractivity contribution is -0.118. The molecular formula is C20H23ClN2O3. The molecule has 0 spiro atoms. The average Bonchev–Trinajstić information content (AvgIpc) is 2.55. The van der Waals surface area contributed by atoms with E-state index >= 15 is 0 Å². The average molecular weight is 375 g/mol. The van der Waals surface area contributed by atoms with E-state index < -0.39 is 17.7 Å². The summed E-state index contributed by atoms with van der Waals surface area (Å²) in [6.45, 7) is 5.31. The van der Waals surface area contributed by atoms with Crippen LogP contribution in [0.1, 0.15) is 26.3 Å². The van der Waals surface area contributed by atoms with E-state index in [1.54, 1.807) is 45.0 Å². The van der Waals surface area contributed by atoms with E-state index in [2.05, 4.69) is 10.6 Å². The Kier molecular flexibility index (Phi) is 6.64. The van der Waals surface area contributed by atoms with Crippen LogP contribution < -0.4 is 10.6 Å². The second-order valence-corrected chi connectivity index (χ2v) is 7.32. The van der Waals surface area contributed by atoms with Gasteiger partial charge in [-0.1, -0.05) is 41.9 Å². The number of hydrogen-bond acceptors (Lipinski definition) is 3. The van der Waals surface area contributed by atoms with Crippen molar-refractivity contribution in [1.82, 2.24) is 5.32 Å². The van der Waals surface area contributed by atoms with Crippen LogP contribution in [0.5, 0.6) is 0 Å². The number of benzene rings is 2. The summed E-state index contributed by atoms with van der Waals surface area (Å²) >= 11 is 5.86. The zero-order chi connectivity index (χ0) is 19.2. The number of alkyl carbamates (subject to hydrolysis) is 1. The van der Waals surface area contributed by atoms with Crippen LogP contribution in [0.3, 0.4) is 0 Å². The lowest BCUT2D eigenvalue weighted by Gasteiger charge is -2.23. The molecule has 5 nitrogen and oxygen atoms in total. The molecule has 0 fully saturated rings. The molecule has 0 saturated carbocycles. The van der Waals surface area contributed by atoms with Crippen molar-refractivity contribution in [3.63, 3.8) is 0 Å². The predicted molar refractivity (Wildman–Crippen MR) is 103 cm³/mol. The zero-order valence-corrected chi connectivity index (χ0v) is 15.8. The summed E-state index contributed by atoms with van der Waals surface area (Å²) < 4.78 is 5.27. The summed E-state index contributed by atoms with van der Waals surface area (Å²) in [5.74, 6) is -0.331. The van der Waals surface area contributed by atoms with Crippen LogP contribution in [-0.4, -0.2) is 23.6 Å². The lowest BCUT2D eigenvalue weighted by Crippen LogP contribution is -2.47. The molecule has 26 heavy (non-hydrogen) atoms. The van der Waals surface area contributed by atoms with E-state index in [1.807, 2.05) is 30.3 Å². The number of nitrogens with one attached hydrogen (secondary N) is 2. The maximum atomic E-state index is 12.7. The molecule has 0 aliphatic rings. The third kappa shape index (κ3) is 6.76. The van der Waals surface area contributed by atoms with Crippen molar-refractivity contribution in [2.24, 2.45) is 0 Å². The fourth-order valence-electron chi connectivity index (χ4n) is 2.27. The Bertz CT molecular complexity index is 740. The van der Waals surface area contributed by atoms with Gasteiger partial charge in [-0.3, -0.25) is 4.79 Å². The fraction of sp³-hybridized carbons (Fsp3) is 0.300. The quantitative estimate of drug-likeness (QED) is 0.814. The van der Waals surface area contributed by atoms with Gasteiger partial charge in [0.15, 0.2) is 0 Å². The third-order valence-corrected chi connectivity index (χ3v) is 3.65. The summed E-state index contributed by atoms with van der Waals surface area (Å²) in [4.78, 5) is 24.8. The lowest BCUT2D eigenvalue weighted by atomic mass is 10.1.